The highest BCUT2D eigenvalue weighted by atomic mass is 79.9. The number of hydrogen-bond acceptors (Lipinski definition) is 2. The lowest BCUT2D eigenvalue weighted by molar-refractivity contribution is 0.102. The number of halogens is 2. The summed E-state index contributed by atoms with van der Waals surface area (Å²) in [6.45, 7) is 1.87. The highest BCUT2D eigenvalue weighted by molar-refractivity contribution is 9.10. The fraction of sp³-hybridized carbons (Fsp3) is 0.133. The molecule has 20 heavy (non-hydrogen) atoms. The first kappa shape index (κ1) is 14.5. The fourth-order valence-electron chi connectivity index (χ4n) is 1.83. The molecule has 1 N–H and O–H groups in total. The predicted molar refractivity (Wildman–Crippen MR) is 79.8 cm³/mol. The van der Waals surface area contributed by atoms with Crippen molar-refractivity contribution in [1.82, 2.24) is 0 Å². The number of nitrogens with one attached hydrogen (secondary N) is 1. The molecule has 0 fully saturated rings. The lowest BCUT2D eigenvalue weighted by atomic mass is 10.1. The summed E-state index contributed by atoms with van der Waals surface area (Å²) in [6.07, 6.45) is 0. The summed E-state index contributed by atoms with van der Waals surface area (Å²) in [4.78, 5) is 12.0. The van der Waals surface area contributed by atoms with Gasteiger partial charge in [0.15, 0.2) is 0 Å². The third kappa shape index (κ3) is 3.17. The van der Waals surface area contributed by atoms with E-state index in [0.717, 1.165) is 11.3 Å². The van der Waals surface area contributed by atoms with Gasteiger partial charge in [0.25, 0.3) is 5.91 Å². The second-order valence-electron chi connectivity index (χ2n) is 4.26. The Labute approximate surface area is 124 Å². The van der Waals surface area contributed by atoms with Crippen LogP contribution in [0.5, 0.6) is 5.75 Å². The van der Waals surface area contributed by atoms with E-state index in [1.165, 1.54) is 12.1 Å². The van der Waals surface area contributed by atoms with Gasteiger partial charge < -0.3 is 10.1 Å². The zero-order valence-corrected chi connectivity index (χ0v) is 12.6. The van der Waals surface area contributed by atoms with E-state index >= 15 is 0 Å². The molecule has 0 saturated carbocycles. The second kappa shape index (κ2) is 6.05. The van der Waals surface area contributed by atoms with Gasteiger partial charge in [0.1, 0.15) is 11.6 Å². The molecular formula is C15H13BrFNO2. The monoisotopic (exact) mass is 337 g/mol. The van der Waals surface area contributed by atoms with Gasteiger partial charge in [-0.05, 0) is 48.9 Å². The number of rotatable bonds is 3. The van der Waals surface area contributed by atoms with Gasteiger partial charge in [-0.25, -0.2) is 4.39 Å². The normalized spacial score (nSPS) is 10.2. The largest absolute Gasteiger partial charge is 0.496 e. The van der Waals surface area contributed by atoms with Crippen LogP contribution >= 0.6 is 15.9 Å². The number of ether oxygens (including phenoxy) is 1. The van der Waals surface area contributed by atoms with Gasteiger partial charge in [0.05, 0.1) is 12.7 Å². The van der Waals surface area contributed by atoms with Crippen molar-refractivity contribution >= 4 is 27.5 Å². The van der Waals surface area contributed by atoms with Crippen LogP contribution in [0.1, 0.15) is 15.9 Å². The molecule has 2 aromatic carbocycles. The molecular weight excluding hydrogens is 325 g/mol. The molecule has 0 saturated heterocycles. The van der Waals surface area contributed by atoms with Crippen LogP contribution in [0, 0.1) is 12.7 Å². The summed E-state index contributed by atoms with van der Waals surface area (Å²) < 4.78 is 19.4. The number of amides is 1. The Bertz CT molecular complexity index is 658. The Kier molecular flexibility index (Phi) is 4.39. The number of anilines is 1. The van der Waals surface area contributed by atoms with Crippen molar-refractivity contribution in [2.45, 2.75) is 6.92 Å². The Morgan fingerprint density at radius 3 is 2.65 bits per heavy atom. The molecule has 104 valence electrons. The summed E-state index contributed by atoms with van der Waals surface area (Å²) in [7, 11) is 1.58. The van der Waals surface area contributed by atoms with Crippen molar-refractivity contribution in [3.05, 3.63) is 57.8 Å². The van der Waals surface area contributed by atoms with Gasteiger partial charge in [-0.15, -0.1) is 0 Å². The van der Waals surface area contributed by atoms with E-state index in [0.29, 0.717) is 10.2 Å². The van der Waals surface area contributed by atoms with Crippen LogP contribution in [-0.4, -0.2) is 13.0 Å². The summed E-state index contributed by atoms with van der Waals surface area (Å²) in [5.41, 5.74) is 1.47. The van der Waals surface area contributed by atoms with Crippen molar-refractivity contribution < 1.29 is 13.9 Å². The van der Waals surface area contributed by atoms with Gasteiger partial charge in [-0.1, -0.05) is 15.9 Å². The number of carbonyl (C=O) groups excluding carboxylic acids is 1. The highest BCUT2D eigenvalue weighted by Crippen LogP contribution is 2.22. The SMILES string of the molecule is COc1ccc(NC(=O)c2cc(Br)ccc2F)cc1C. The molecule has 0 heterocycles. The van der Waals surface area contributed by atoms with E-state index in [1.807, 2.05) is 6.92 Å². The summed E-state index contributed by atoms with van der Waals surface area (Å²) in [6, 6.07) is 9.47. The lowest BCUT2D eigenvalue weighted by Gasteiger charge is -2.09. The predicted octanol–water partition coefficient (Wildman–Crippen LogP) is 4.16. The lowest BCUT2D eigenvalue weighted by Crippen LogP contribution is -2.13. The molecule has 0 aliphatic heterocycles. The third-order valence-electron chi connectivity index (χ3n) is 2.83. The van der Waals surface area contributed by atoms with Crippen LogP contribution in [0.2, 0.25) is 0 Å². The maximum Gasteiger partial charge on any atom is 0.258 e. The Morgan fingerprint density at radius 1 is 1.25 bits per heavy atom. The first-order valence-corrected chi connectivity index (χ1v) is 6.71. The molecule has 0 unspecified atom stereocenters. The van der Waals surface area contributed by atoms with Gasteiger partial charge in [-0.2, -0.15) is 0 Å². The van der Waals surface area contributed by atoms with Crippen molar-refractivity contribution in [2.24, 2.45) is 0 Å². The quantitative estimate of drug-likeness (QED) is 0.913. The standard InChI is InChI=1S/C15H13BrFNO2/c1-9-7-11(4-6-14(9)20-2)18-15(19)12-8-10(16)3-5-13(12)17/h3-8H,1-2H3,(H,18,19). The minimum atomic E-state index is -0.559. The molecule has 0 aromatic heterocycles. The van der Waals surface area contributed by atoms with Crippen LogP contribution in [0.4, 0.5) is 10.1 Å². The van der Waals surface area contributed by atoms with Gasteiger partial charge in [-0.3, -0.25) is 4.79 Å². The van der Waals surface area contributed by atoms with Crippen molar-refractivity contribution in [3.8, 4) is 5.75 Å². The van der Waals surface area contributed by atoms with Crippen LogP contribution in [0.15, 0.2) is 40.9 Å². The van der Waals surface area contributed by atoms with E-state index in [4.69, 9.17) is 4.74 Å². The average molecular weight is 338 g/mol. The van der Waals surface area contributed by atoms with E-state index in [-0.39, 0.29) is 5.56 Å². The minimum absolute atomic E-state index is 0.00662. The number of benzene rings is 2. The van der Waals surface area contributed by atoms with Crippen molar-refractivity contribution in [1.29, 1.82) is 0 Å². The van der Waals surface area contributed by atoms with Gasteiger partial charge in [0.2, 0.25) is 0 Å². The Hall–Kier alpha value is -1.88. The zero-order valence-electron chi connectivity index (χ0n) is 11.0. The maximum atomic E-state index is 13.6. The smallest absolute Gasteiger partial charge is 0.258 e. The maximum absolute atomic E-state index is 13.6. The average Bonchev–Trinajstić information content (AvgIpc) is 2.41. The first-order chi connectivity index (χ1) is 9.51. The molecule has 5 heteroatoms. The topological polar surface area (TPSA) is 38.3 Å². The molecule has 0 aliphatic carbocycles. The molecule has 0 radical (unpaired) electrons. The molecule has 2 aromatic rings. The number of carbonyl (C=O) groups is 1. The molecule has 3 nitrogen and oxygen atoms in total. The number of hydrogen-bond donors (Lipinski definition) is 1. The minimum Gasteiger partial charge on any atom is -0.496 e. The first-order valence-electron chi connectivity index (χ1n) is 5.92. The van der Waals surface area contributed by atoms with Crippen LogP contribution in [0.25, 0.3) is 0 Å². The summed E-state index contributed by atoms with van der Waals surface area (Å²) in [5, 5.41) is 2.66. The van der Waals surface area contributed by atoms with E-state index < -0.39 is 11.7 Å². The van der Waals surface area contributed by atoms with E-state index in [1.54, 1.807) is 31.4 Å². The van der Waals surface area contributed by atoms with Gasteiger partial charge in [0, 0.05) is 10.2 Å². The summed E-state index contributed by atoms with van der Waals surface area (Å²) in [5.74, 6) is -0.319. The van der Waals surface area contributed by atoms with E-state index in [2.05, 4.69) is 21.2 Å². The Balaban J connectivity index is 2.23. The number of methoxy groups -OCH3 is 1. The van der Waals surface area contributed by atoms with Crippen molar-refractivity contribution in [2.75, 3.05) is 12.4 Å². The molecule has 0 bridgehead atoms. The van der Waals surface area contributed by atoms with Crippen LogP contribution in [-0.2, 0) is 0 Å². The molecule has 0 spiro atoms. The molecule has 0 aliphatic rings. The van der Waals surface area contributed by atoms with Crippen LogP contribution < -0.4 is 10.1 Å². The van der Waals surface area contributed by atoms with E-state index in [9.17, 15) is 9.18 Å². The second-order valence-corrected chi connectivity index (χ2v) is 5.18. The third-order valence-corrected chi connectivity index (χ3v) is 3.32. The molecule has 2 rings (SSSR count). The Morgan fingerprint density at radius 2 is 2.00 bits per heavy atom. The molecule has 0 atom stereocenters. The van der Waals surface area contributed by atoms with Crippen LogP contribution in [0.3, 0.4) is 0 Å². The highest BCUT2D eigenvalue weighted by Gasteiger charge is 2.12. The summed E-state index contributed by atoms with van der Waals surface area (Å²) >= 11 is 3.22. The number of aryl methyl sites for hydroxylation is 1. The zero-order chi connectivity index (χ0) is 14.7. The fourth-order valence-corrected chi connectivity index (χ4v) is 2.19. The van der Waals surface area contributed by atoms with Crippen molar-refractivity contribution in [3.63, 3.8) is 0 Å². The van der Waals surface area contributed by atoms with Gasteiger partial charge >= 0.3 is 0 Å². The molecule has 1 amide bonds.